The maximum absolute atomic E-state index is 12.8. The third kappa shape index (κ3) is 4.84. The summed E-state index contributed by atoms with van der Waals surface area (Å²) in [6, 6.07) is 6.40. The van der Waals surface area contributed by atoms with Crippen molar-refractivity contribution in [1.82, 2.24) is 14.6 Å². The number of amides is 1. The Kier molecular flexibility index (Phi) is 6.40. The third-order valence-electron chi connectivity index (χ3n) is 5.73. The van der Waals surface area contributed by atoms with Gasteiger partial charge in [-0.05, 0) is 49.9 Å². The Morgan fingerprint density at radius 3 is 2.53 bits per heavy atom. The van der Waals surface area contributed by atoms with Crippen LogP contribution in [0.5, 0.6) is 5.75 Å². The first-order chi connectivity index (χ1) is 14.5. The molecule has 0 spiro atoms. The van der Waals surface area contributed by atoms with Gasteiger partial charge in [0.2, 0.25) is 15.9 Å². The molecule has 0 radical (unpaired) electrons. The number of aromatic nitrogens is 1. The van der Waals surface area contributed by atoms with Gasteiger partial charge in [-0.3, -0.25) is 4.79 Å². The minimum absolute atomic E-state index is 0.00969. The van der Waals surface area contributed by atoms with Gasteiger partial charge in [-0.1, -0.05) is 0 Å². The summed E-state index contributed by atoms with van der Waals surface area (Å²) in [5.74, 6) is 1.14. The fourth-order valence-corrected chi connectivity index (χ4v) is 6.05. The normalized spacial score (nSPS) is 18.3. The number of piperidine rings is 1. The topological polar surface area (TPSA) is 88.6 Å². The molecule has 162 valence electrons. The molecule has 2 fully saturated rings. The molecule has 1 aromatic carbocycles. The molecule has 1 saturated carbocycles. The van der Waals surface area contributed by atoms with Gasteiger partial charge in [-0.25, -0.2) is 13.4 Å². The Bertz CT molecular complexity index is 976. The molecule has 7 nitrogen and oxygen atoms in total. The van der Waals surface area contributed by atoms with Gasteiger partial charge in [-0.2, -0.15) is 4.31 Å². The lowest BCUT2D eigenvalue weighted by atomic mass is 9.97. The van der Waals surface area contributed by atoms with Crippen molar-refractivity contribution in [2.24, 2.45) is 5.92 Å². The maximum Gasteiger partial charge on any atom is 0.243 e. The second-order valence-corrected chi connectivity index (χ2v) is 10.7. The highest BCUT2D eigenvalue weighted by Gasteiger charge is 2.32. The van der Waals surface area contributed by atoms with Crippen molar-refractivity contribution in [3.05, 3.63) is 40.3 Å². The van der Waals surface area contributed by atoms with E-state index in [4.69, 9.17) is 4.74 Å². The van der Waals surface area contributed by atoms with Crippen molar-refractivity contribution >= 4 is 27.3 Å². The summed E-state index contributed by atoms with van der Waals surface area (Å²) in [5.41, 5.74) is 1.20. The highest BCUT2D eigenvalue weighted by molar-refractivity contribution is 7.89. The fraction of sp³-hybridized carbons (Fsp3) is 0.524. The van der Waals surface area contributed by atoms with Gasteiger partial charge in [0.05, 0.1) is 22.7 Å². The van der Waals surface area contributed by atoms with Gasteiger partial charge in [0, 0.05) is 43.3 Å². The van der Waals surface area contributed by atoms with Crippen molar-refractivity contribution in [1.29, 1.82) is 0 Å². The van der Waals surface area contributed by atoms with Crippen molar-refractivity contribution in [3.63, 3.8) is 0 Å². The van der Waals surface area contributed by atoms with E-state index in [2.05, 4.69) is 15.7 Å². The van der Waals surface area contributed by atoms with Gasteiger partial charge >= 0.3 is 0 Å². The summed E-state index contributed by atoms with van der Waals surface area (Å²) in [5, 5.41) is 6.20. The van der Waals surface area contributed by atoms with E-state index in [0.717, 1.165) is 11.4 Å². The summed E-state index contributed by atoms with van der Waals surface area (Å²) >= 11 is 1.66. The van der Waals surface area contributed by atoms with Crippen LogP contribution in [0.15, 0.2) is 34.5 Å². The first kappa shape index (κ1) is 21.3. The lowest BCUT2D eigenvalue weighted by molar-refractivity contribution is -0.126. The van der Waals surface area contributed by atoms with Crippen LogP contribution >= 0.6 is 11.3 Å². The Hall–Kier alpha value is -1.97. The number of carbonyl (C=O) groups excluding carboxylic acids is 1. The fourth-order valence-electron chi connectivity index (χ4n) is 3.70. The lowest BCUT2D eigenvalue weighted by Crippen LogP contribution is -2.43. The van der Waals surface area contributed by atoms with Crippen LogP contribution in [-0.2, 0) is 21.2 Å². The molecule has 1 N–H and O–H groups in total. The van der Waals surface area contributed by atoms with Crippen molar-refractivity contribution in [3.8, 4) is 5.75 Å². The Morgan fingerprint density at radius 2 is 1.90 bits per heavy atom. The van der Waals surface area contributed by atoms with Gasteiger partial charge < -0.3 is 10.1 Å². The van der Waals surface area contributed by atoms with Crippen molar-refractivity contribution in [2.45, 2.75) is 42.9 Å². The predicted molar refractivity (Wildman–Crippen MR) is 115 cm³/mol. The zero-order valence-corrected chi connectivity index (χ0v) is 18.7. The third-order valence-corrected chi connectivity index (χ3v) is 8.56. The second-order valence-electron chi connectivity index (χ2n) is 7.84. The van der Waals surface area contributed by atoms with Crippen LogP contribution in [0.1, 0.15) is 42.3 Å². The quantitative estimate of drug-likeness (QED) is 0.669. The number of ether oxygens (including phenoxy) is 1. The van der Waals surface area contributed by atoms with Crippen LogP contribution in [-0.4, -0.2) is 50.4 Å². The summed E-state index contributed by atoms with van der Waals surface area (Å²) in [6.07, 6.45) is 4.29. The number of methoxy groups -OCH3 is 1. The predicted octanol–water partition coefficient (Wildman–Crippen LogP) is 2.79. The Balaban J connectivity index is 1.24. The standard InChI is InChI=1S/C21H27N3O4S2/c1-28-17-4-6-18(7-5-17)30(26,27)24-12-9-16(10-13-24)21(25)22-11-8-20-23-19(14-29-20)15-2-3-15/h4-7,14-16H,2-3,8-13H2,1H3,(H,22,25). The number of sulfonamides is 1. The molecular weight excluding hydrogens is 422 g/mol. The van der Waals surface area contributed by atoms with E-state index in [0.29, 0.717) is 44.1 Å². The molecule has 1 saturated heterocycles. The van der Waals surface area contributed by atoms with Crippen LogP contribution in [0.25, 0.3) is 0 Å². The molecule has 2 heterocycles. The smallest absolute Gasteiger partial charge is 0.243 e. The highest BCUT2D eigenvalue weighted by Crippen LogP contribution is 2.40. The number of thiazole rings is 1. The number of hydrogen-bond acceptors (Lipinski definition) is 6. The van der Waals surface area contributed by atoms with E-state index in [-0.39, 0.29) is 16.7 Å². The molecule has 1 amide bonds. The first-order valence-electron chi connectivity index (χ1n) is 10.3. The SMILES string of the molecule is COc1ccc(S(=O)(=O)N2CCC(C(=O)NCCc3nc(C4CC4)cs3)CC2)cc1. The summed E-state index contributed by atoms with van der Waals surface area (Å²) < 4.78 is 32.2. The van der Waals surface area contributed by atoms with Crippen LogP contribution in [0.4, 0.5) is 0 Å². The van der Waals surface area contributed by atoms with Crippen LogP contribution in [0, 0.1) is 5.92 Å². The van der Waals surface area contributed by atoms with Gasteiger partial charge in [0.1, 0.15) is 5.75 Å². The Morgan fingerprint density at radius 1 is 1.20 bits per heavy atom. The van der Waals surface area contributed by atoms with Crippen molar-refractivity contribution < 1.29 is 17.9 Å². The largest absolute Gasteiger partial charge is 0.497 e. The van der Waals surface area contributed by atoms with Crippen LogP contribution in [0.2, 0.25) is 0 Å². The van der Waals surface area contributed by atoms with Gasteiger partial charge in [-0.15, -0.1) is 11.3 Å². The van der Waals surface area contributed by atoms with E-state index in [1.54, 1.807) is 42.7 Å². The Labute approximate surface area is 181 Å². The van der Waals surface area contributed by atoms with Crippen LogP contribution < -0.4 is 10.1 Å². The minimum Gasteiger partial charge on any atom is -0.497 e. The molecule has 1 aliphatic carbocycles. The average Bonchev–Trinajstić information content (AvgIpc) is 3.52. The number of rotatable bonds is 8. The zero-order valence-electron chi connectivity index (χ0n) is 17.0. The lowest BCUT2D eigenvalue weighted by Gasteiger charge is -2.30. The molecule has 30 heavy (non-hydrogen) atoms. The zero-order chi connectivity index (χ0) is 21.1. The number of nitrogens with one attached hydrogen (secondary N) is 1. The molecule has 1 aliphatic heterocycles. The van der Waals surface area contributed by atoms with Crippen molar-refractivity contribution in [2.75, 3.05) is 26.7 Å². The highest BCUT2D eigenvalue weighted by atomic mass is 32.2. The molecule has 0 unspecified atom stereocenters. The summed E-state index contributed by atoms with van der Waals surface area (Å²) in [4.78, 5) is 17.4. The number of hydrogen-bond donors (Lipinski definition) is 1. The van der Waals surface area contributed by atoms with E-state index in [1.807, 2.05) is 0 Å². The molecular formula is C21H27N3O4S2. The van der Waals surface area contributed by atoms with Crippen LogP contribution in [0.3, 0.4) is 0 Å². The summed E-state index contributed by atoms with van der Waals surface area (Å²) in [6.45, 7) is 1.27. The molecule has 4 rings (SSSR count). The second kappa shape index (κ2) is 9.03. The van der Waals surface area contributed by atoms with E-state index in [1.165, 1.54) is 22.8 Å². The number of benzene rings is 1. The average molecular weight is 450 g/mol. The molecule has 0 atom stereocenters. The monoisotopic (exact) mass is 449 g/mol. The molecule has 0 bridgehead atoms. The van der Waals surface area contributed by atoms with E-state index >= 15 is 0 Å². The molecule has 1 aromatic heterocycles. The minimum atomic E-state index is -3.55. The molecule has 9 heteroatoms. The van der Waals surface area contributed by atoms with Gasteiger partial charge in [0.25, 0.3) is 0 Å². The van der Waals surface area contributed by atoms with E-state index in [9.17, 15) is 13.2 Å². The molecule has 2 aromatic rings. The maximum atomic E-state index is 12.8. The number of nitrogens with zero attached hydrogens (tertiary/aromatic N) is 2. The first-order valence-corrected chi connectivity index (χ1v) is 12.7. The number of carbonyl (C=O) groups is 1. The van der Waals surface area contributed by atoms with Gasteiger partial charge in [0.15, 0.2) is 0 Å². The van der Waals surface area contributed by atoms with E-state index < -0.39 is 10.0 Å². The summed E-state index contributed by atoms with van der Waals surface area (Å²) in [7, 11) is -2.01. The molecule has 2 aliphatic rings.